The number of rotatable bonds is 17. The molecule has 32 heavy (non-hydrogen) atoms. The number of hydrogen-bond donors (Lipinski definition) is 8. The average molecular weight is 480 g/mol. The van der Waals surface area contributed by atoms with E-state index in [4.69, 9.17) is 21.7 Å². The van der Waals surface area contributed by atoms with Gasteiger partial charge in [0.25, 0.3) is 0 Å². The molecule has 3 amide bonds. The lowest BCUT2D eigenvalue weighted by atomic mass is 10.1. The van der Waals surface area contributed by atoms with E-state index in [0.717, 1.165) is 0 Å². The van der Waals surface area contributed by atoms with Gasteiger partial charge in [-0.05, 0) is 44.2 Å². The number of nitrogens with two attached hydrogens (primary N) is 2. The maximum Gasteiger partial charge on any atom is 0.326 e. The zero-order valence-corrected chi connectivity index (χ0v) is 18.7. The number of nitrogens with one attached hydrogen (secondary N) is 3. The number of aliphatic hydroxyl groups is 1. The van der Waals surface area contributed by atoms with Crippen molar-refractivity contribution < 1.29 is 39.3 Å². The zero-order valence-electron chi connectivity index (χ0n) is 17.9. The van der Waals surface area contributed by atoms with E-state index < -0.39 is 66.9 Å². The number of thioether (sulfide) groups is 1. The van der Waals surface area contributed by atoms with Crippen molar-refractivity contribution in [3.05, 3.63) is 0 Å². The zero-order chi connectivity index (χ0) is 24.7. The molecule has 0 saturated carbocycles. The molecule has 0 aliphatic rings. The van der Waals surface area contributed by atoms with Gasteiger partial charge in [-0.3, -0.25) is 19.2 Å². The number of aliphatic hydroxyl groups excluding tert-OH is 1. The average Bonchev–Trinajstić information content (AvgIpc) is 2.73. The molecule has 0 aliphatic heterocycles. The van der Waals surface area contributed by atoms with Crippen LogP contribution >= 0.6 is 11.8 Å². The van der Waals surface area contributed by atoms with Crippen molar-refractivity contribution in [2.24, 2.45) is 11.5 Å². The van der Waals surface area contributed by atoms with E-state index in [-0.39, 0.29) is 12.8 Å². The minimum atomic E-state index is -1.55. The minimum Gasteiger partial charge on any atom is -0.481 e. The van der Waals surface area contributed by atoms with Gasteiger partial charge in [0.05, 0.1) is 13.0 Å². The molecule has 10 N–H and O–H groups in total. The Morgan fingerprint density at radius 1 is 0.875 bits per heavy atom. The van der Waals surface area contributed by atoms with Crippen molar-refractivity contribution in [2.45, 2.75) is 56.3 Å². The number of hydrogen-bond acceptors (Lipinski definition) is 9. The molecule has 0 fully saturated rings. The van der Waals surface area contributed by atoms with Crippen LogP contribution in [0.4, 0.5) is 0 Å². The van der Waals surface area contributed by atoms with Gasteiger partial charge in [-0.15, -0.1) is 0 Å². The fourth-order valence-corrected chi connectivity index (χ4v) is 3.02. The van der Waals surface area contributed by atoms with Crippen LogP contribution in [0.1, 0.15) is 32.1 Å². The molecular formula is C18H33N5O8S. The highest BCUT2D eigenvalue weighted by Gasteiger charge is 2.31. The summed E-state index contributed by atoms with van der Waals surface area (Å²) in [4.78, 5) is 59.7. The van der Waals surface area contributed by atoms with Gasteiger partial charge in [-0.2, -0.15) is 11.8 Å². The van der Waals surface area contributed by atoms with E-state index in [1.54, 1.807) is 6.26 Å². The number of carbonyl (C=O) groups excluding carboxylic acids is 3. The molecule has 0 bridgehead atoms. The first-order valence-electron chi connectivity index (χ1n) is 9.98. The molecule has 0 radical (unpaired) electrons. The van der Waals surface area contributed by atoms with Crippen LogP contribution in [-0.2, 0) is 24.0 Å². The first kappa shape index (κ1) is 29.6. The SMILES string of the molecule is CSCCC(NC(=O)C(CC(=O)O)NC(=O)C(N)CO)C(=O)NC(CCCCN)C(=O)O. The first-order valence-corrected chi connectivity index (χ1v) is 11.4. The summed E-state index contributed by atoms with van der Waals surface area (Å²) in [5.74, 6) is -4.83. The van der Waals surface area contributed by atoms with Gasteiger partial charge in [0.15, 0.2) is 0 Å². The van der Waals surface area contributed by atoms with Crippen molar-refractivity contribution >= 4 is 41.4 Å². The molecule has 0 heterocycles. The Bertz CT molecular complexity index is 651. The van der Waals surface area contributed by atoms with Crippen LogP contribution in [0.2, 0.25) is 0 Å². The molecule has 0 aromatic carbocycles. The molecule has 4 unspecified atom stereocenters. The molecule has 13 nitrogen and oxygen atoms in total. The molecule has 0 rings (SSSR count). The van der Waals surface area contributed by atoms with Gasteiger partial charge in [0.1, 0.15) is 24.2 Å². The molecule has 0 spiro atoms. The van der Waals surface area contributed by atoms with Crippen LogP contribution in [-0.4, -0.2) is 94.3 Å². The number of carboxylic acid groups (broad SMARTS) is 2. The van der Waals surface area contributed by atoms with E-state index in [2.05, 4.69) is 16.0 Å². The summed E-state index contributed by atoms with van der Waals surface area (Å²) in [6.45, 7) is -0.337. The fraction of sp³-hybridized carbons (Fsp3) is 0.722. The molecule has 4 atom stereocenters. The first-order chi connectivity index (χ1) is 15.1. The van der Waals surface area contributed by atoms with E-state index in [1.807, 2.05) is 0 Å². The standard InChI is InChI=1S/C18H33N5O8S/c1-32-7-5-11(16(28)22-12(18(30)31)4-2-3-6-19)21-17(29)13(8-14(25)26)23-15(27)10(20)9-24/h10-13,24H,2-9,19-20H2,1H3,(H,21,29)(H,22,28)(H,23,27)(H,25,26)(H,30,31). The monoisotopic (exact) mass is 479 g/mol. The topological polar surface area (TPSA) is 234 Å². The highest BCUT2D eigenvalue weighted by atomic mass is 32.2. The van der Waals surface area contributed by atoms with Gasteiger partial charge in [-0.1, -0.05) is 0 Å². The van der Waals surface area contributed by atoms with Crippen LogP contribution in [0.15, 0.2) is 0 Å². The van der Waals surface area contributed by atoms with Crippen LogP contribution in [0.25, 0.3) is 0 Å². The van der Waals surface area contributed by atoms with Gasteiger partial charge >= 0.3 is 11.9 Å². The molecular weight excluding hydrogens is 446 g/mol. The number of aliphatic carboxylic acids is 2. The lowest BCUT2D eigenvalue weighted by Crippen LogP contribution is -2.57. The van der Waals surface area contributed by atoms with Gasteiger partial charge in [-0.25, -0.2) is 4.79 Å². The summed E-state index contributed by atoms with van der Waals surface area (Å²) >= 11 is 1.38. The third kappa shape index (κ3) is 11.8. The van der Waals surface area contributed by atoms with Crippen LogP contribution in [0, 0.1) is 0 Å². The molecule has 0 aromatic heterocycles. The van der Waals surface area contributed by atoms with E-state index in [0.29, 0.717) is 25.1 Å². The van der Waals surface area contributed by atoms with Gasteiger partial charge in [0, 0.05) is 0 Å². The summed E-state index contributed by atoms with van der Waals surface area (Å²) in [5.41, 5.74) is 10.8. The highest BCUT2D eigenvalue weighted by Crippen LogP contribution is 2.06. The van der Waals surface area contributed by atoms with Gasteiger partial charge < -0.3 is 42.7 Å². The molecule has 14 heteroatoms. The summed E-state index contributed by atoms with van der Waals surface area (Å²) in [7, 11) is 0. The molecule has 184 valence electrons. The summed E-state index contributed by atoms with van der Waals surface area (Å²) < 4.78 is 0. The summed E-state index contributed by atoms with van der Waals surface area (Å²) in [5, 5.41) is 34.2. The maximum absolute atomic E-state index is 12.7. The Balaban J connectivity index is 5.37. The third-order valence-corrected chi connectivity index (χ3v) is 4.99. The fourth-order valence-electron chi connectivity index (χ4n) is 2.54. The Morgan fingerprint density at radius 2 is 1.44 bits per heavy atom. The Labute approximate surface area is 190 Å². The molecule has 0 saturated heterocycles. The number of carboxylic acids is 2. The minimum absolute atomic E-state index is 0.137. The Morgan fingerprint density at radius 3 is 1.94 bits per heavy atom. The maximum atomic E-state index is 12.7. The normalized spacial score (nSPS) is 14.5. The van der Waals surface area contributed by atoms with Crippen molar-refractivity contribution in [3.63, 3.8) is 0 Å². The third-order valence-electron chi connectivity index (χ3n) is 4.35. The molecule has 0 aliphatic carbocycles. The smallest absolute Gasteiger partial charge is 0.326 e. The van der Waals surface area contributed by atoms with E-state index in [1.165, 1.54) is 11.8 Å². The van der Waals surface area contributed by atoms with Crippen LogP contribution in [0.3, 0.4) is 0 Å². The highest BCUT2D eigenvalue weighted by molar-refractivity contribution is 7.98. The summed E-state index contributed by atoms with van der Waals surface area (Å²) in [6, 6.07) is -5.26. The lowest BCUT2D eigenvalue weighted by molar-refractivity contribution is -0.143. The predicted octanol–water partition coefficient (Wildman–Crippen LogP) is -2.80. The predicted molar refractivity (Wildman–Crippen MR) is 117 cm³/mol. The largest absolute Gasteiger partial charge is 0.481 e. The number of unbranched alkanes of at least 4 members (excludes halogenated alkanes) is 1. The lowest BCUT2D eigenvalue weighted by Gasteiger charge is -2.24. The Kier molecular flexibility index (Phi) is 15.0. The van der Waals surface area contributed by atoms with Crippen molar-refractivity contribution in [1.29, 1.82) is 0 Å². The van der Waals surface area contributed by atoms with E-state index >= 15 is 0 Å². The second-order valence-electron chi connectivity index (χ2n) is 6.97. The summed E-state index contributed by atoms with van der Waals surface area (Å²) in [6.07, 6.45) is 2.33. The van der Waals surface area contributed by atoms with Crippen LogP contribution < -0.4 is 27.4 Å². The Hall–Kier alpha value is -2.42. The second kappa shape index (κ2) is 16.2. The van der Waals surface area contributed by atoms with Gasteiger partial charge in [0.2, 0.25) is 17.7 Å². The van der Waals surface area contributed by atoms with E-state index in [9.17, 15) is 29.1 Å². The van der Waals surface area contributed by atoms with Crippen LogP contribution in [0.5, 0.6) is 0 Å². The van der Waals surface area contributed by atoms with Crippen molar-refractivity contribution in [1.82, 2.24) is 16.0 Å². The number of carbonyl (C=O) groups is 5. The second-order valence-corrected chi connectivity index (χ2v) is 7.96. The van der Waals surface area contributed by atoms with Crippen molar-refractivity contribution in [3.8, 4) is 0 Å². The quantitative estimate of drug-likeness (QED) is 0.0992. The molecule has 0 aromatic rings. The van der Waals surface area contributed by atoms with Crippen molar-refractivity contribution in [2.75, 3.05) is 25.2 Å². The number of amides is 3.